The quantitative estimate of drug-likeness (QED) is 0.749. The van der Waals surface area contributed by atoms with Crippen LogP contribution in [-0.4, -0.2) is 32.1 Å². The molecular weight excluding hydrogens is 329 g/mol. The van der Waals surface area contributed by atoms with Crippen LogP contribution in [0.1, 0.15) is 24.8 Å². The molecule has 3 N–H and O–H groups in total. The van der Waals surface area contributed by atoms with Crippen LogP contribution in [0.15, 0.2) is 48.5 Å². The van der Waals surface area contributed by atoms with E-state index in [2.05, 4.69) is 22.3 Å². The Labute approximate surface area is 154 Å². The van der Waals surface area contributed by atoms with E-state index in [0.717, 1.165) is 37.3 Å². The maximum atomic E-state index is 12.9. The number of nitrogens with one attached hydrogen (secondary N) is 1. The lowest BCUT2D eigenvalue weighted by molar-refractivity contribution is -0.643. The first-order chi connectivity index (χ1) is 12.7. The monoisotopic (exact) mass is 356 g/mol. The number of quaternary nitrogens is 1. The molecule has 0 bridgehead atoms. The third-order valence-electron chi connectivity index (χ3n) is 4.75. The highest BCUT2D eigenvalue weighted by atomic mass is 19.1. The number of halogens is 1. The van der Waals surface area contributed by atoms with Gasteiger partial charge in [0.25, 0.3) is 5.91 Å². The average molecular weight is 356 g/mol. The van der Waals surface area contributed by atoms with E-state index >= 15 is 0 Å². The molecule has 0 atom stereocenters. The predicted octanol–water partition coefficient (Wildman–Crippen LogP) is 2.56. The lowest BCUT2D eigenvalue weighted by atomic mass is 10.1. The summed E-state index contributed by atoms with van der Waals surface area (Å²) >= 11 is 0. The summed E-state index contributed by atoms with van der Waals surface area (Å²) < 4.78 is 12.9. The molecule has 3 rings (SSSR count). The molecule has 4 nitrogen and oxygen atoms in total. The number of nitrogens with two attached hydrogens (primary N) is 1. The highest BCUT2D eigenvalue weighted by molar-refractivity contribution is 5.91. The fourth-order valence-electron chi connectivity index (χ4n) is 3.27. The maximum Gasteiger partial charge on any atom is 0.279 e. The van der Waals surface area contributed by atoms with Crippen molar-refractivity contribution >= 4 is 17.3 Å². The van der Waals surface area contributed by atoms with Crippen LogP contribution in [0.5, 0.6) is 0 Å². The Hall–Kier alpha value is -2.40. The van der Waals surface area contributed by atoms with Crippen LogP contribution < -0.4 is 15.5 Å². The Bertz CT molecular complexity index is 694. The van der Waals surface area contributed by atoms with Gasteiger partial charge in [-0.1, -0.05) is 12.1 Å². The molecule has 26 heavy (non-hydrogen) atoms. The van der Waals surface area contributed by atoms with Crippen molar-refractivity contribution in [3.05, 3.63) is 59.9 Å². The van der Waals surface area contributed by atoms with Gasteiger partial charge in [0.15, 0.2) is 6.54 Å². The third kappa shape index (κ3) is 5.56. The van der Waals surface area contributed by atoms with Crippen LogP contribution in [-0.2, 0) is 11.2 Å². The fourth-order valence-corrected chi connectivity index (χ4v) is 3.27. The number of rotatable bonds is 7. The summed E-state index contributed by atoms with van der Waals surface area (Å²) in [5.74, 6) is -0.224. The summed E-state index contributed by atoms with van der Waals surface area (Å²) in [7, 11) is 0. The minimum Gasteiger partial charge on any atom is -0.372 e. The van der Waals surface area contributed by atoms with Gasteiger partial charge in [0.1, 0.15) is 5.82 Å². The molecule has 5 heteroatoms. The first-order valence-corrected chi connectivity index (χ1v) is 9.42. The molecule has 1 aliphatic rings. The van der Waals surface area contributed by atoms with Crippen molar-refractivity contribution in [2.45, 2.75) is 25.7 Å². The molecule has 0 spiro atoms. The van der Waals surface area contributed by atoms with Crippen LogP contribution in [0.4, 0.5) is 15.8 Å². The van der Waals surface area contributed by atoms with Crippen LogP contribution >= 0.6 is 0 Å². The summed E-state index contributed by atoms with van der Waals surface area (Å²) in [5.41, 5.74) is 3.15. The normalized spacial score (nSPS) is 14.3. The van der Waals surface area contributed by atoms with Crippen LogP contribution in [0.2, 0.25) is 0 Å². The SMILES string of the molecule is O=C(C[NH2+]CCc1ccc(F)cc1)Nc1ccc(N2CCCCC2)cc1. The molecule has 138 valence electrons. The third-order valence-corrected chi connectivity index (χ3v) is 4.75. The molecule has 0 unspecified atom stereocenters. The Morgan fingerprint density at radius 3 is 2.38 bits per heavy atom. The van der Waals surface area contributed by atoms with Gasteiger partial charge >= 0.3 is 0 Å². The van der Waals surface area contributed by atoms with E-state index in [1.807, 2.05) is 17.4 Å². The van der Waals surface area contributed by atoms with Crippen molar-refractivity contribution in [1.29, 1.82) is 0 Å². The minimum absolute atomic E-state index is 0.00479. The molecular formula is C21H27FN3O+. The van der Waals surface area contributed by atoms with E-state index < -0.39 is 0 Å². The number of hydrogen-bond acceptors (Lipinski definition) is 2. The highest BCUT2D eigenvalue weighted by Gasteiger charge is 2.11. The molecule has 1 heterocycles. The van der Waals surface area contributed by atoms with Crippen molar-refractivity contribution in [3.63, 3.8) is 0 Å². The standard InChI is InChI=1S/C21H26FN3O/c22-18-6-4-17(5-7-18)12-13-23-16-21(26)24-19-8-10-20(11-9-19)25-14-2-1-3-15-25/h4-11,23H,1-3,12-16H2,(H,24,26)/p+1. The Kier molecular flexibility index (Phi) is 6.61. The summed E-state index contributed by atoms with van der Waals surface area (Å²) in [6.45, 7) is 3.42. The number of hydrogen-bond donors (Lipinski definition) is 2. The number of amides is 1. The Morgan fingerprint density at radius 1 is 1.00 bits per heavy atom. The van der Waals surface area contributed by atoms with Gasteiger partial charge in [-0.15, -0.1) is 0 Å². The van der Waals surface area contributed by atoms with E-state index in [1.165, 1.54) is 37.1 Å². The number of carbonyl (C=O) groups is 1. The maximum absolute atomic E-state index is 12.9. The largest absolute Gasteiger partial charge is 0.372 e. The number of carbonyl (C=O) groups excluding carboxylic acids is 1. The summed E-state index contributed by atoms with van der Waals surface area (Å²) in [5, 5.41) is 4.91. The lowest BCUT2D eigenvalue weighted by Gasteiger charge is -2.28. The molecule has 1 aliphatic heterocycles. The zero-order chi connectivity index (χ0) is 18.2. The van der Waals surface area contributed by atoms with Crippen molar-refractivity contribution in [3.8, 4) is 0 Å². The van der Waals surface area contributed by atoms with Gasteiger partial charge in [-0.3, -0.25) is 4.79 Å². The smallest absolute Gasteiger partial charge is 0.279 e. The molecule has 1 amide bonds. The summed E-state index contributed by atoms with van der Waals surface area (Å²) in [6.07, 6.45) is 4.65. The molecule has 2 aromatic rings. The van der Waals surface area contributed by atoms with Gasteiger partial charge in [0.05, 0.1) is 6.54 Å². The molecule has 0 saturated carbocycles. The van der Waals surface area contributed by atoms with Gasteiger partial charge in [0, 0.05) is 30.9 Å². The van der Waals surface area contributed by atoms with E-state index in [9.17, 15) is 9.18 Å². The Morgan fingerprint density at radius 2 is 1.69 bits per heavy atom. The van der Waals surface area contributed by atoms with Gasteiger partial charge in [-0.25, -0.2) is 4.39 Å². The van der Waals surface area contributed by atoms with E-state index in [4.69, 9.17) is 0 Å². The molecule has 0 aliphatic carbocycles. The zero-order valence-electron chi connectivity index (χ0n) is 15.1. The fraction of sp³-hybridized carbons (Fsp3) is 0.381. The van der Waals surface area contributed by atoms with E-state index in [-0.39, 0.29) is 11.7 Å². The van der Waals surface area contributed by atoms with Gasteiger partial charge < -0.3 is 15.5 Å². The second kappa shape index (κ2) is 9.34. The van der Waals surface area contributed by atoms with Crippen LogP contribution in [0.25, 0.3) is 0 Å². The number of benzene rings is 2. The molecule has 2 aromatic carbocycles. The van der Waals surface area contributed by atoms with Gasteiger partial charge in [0.2, 0.25) is 0 Å². The number of piperidine rings is 1. The molecule has 0 aromatic heterocycles. The molecule has 0 radical (unpaired) electrons. The predicted molar refractivity (Wildman–Crippen MR) is 103 cm³/mol. The highest BCUT2D eigenvalue weighted by Crippen LogP contribution is 2.21. The molecule has 1 fully saturated rings. The van der Waals surface area contributed by atoms with E-state index in [0.29, 0.717) is 6.54 Å². The summed E-state index contributed by atoms with van der Waals surface area (Å²) in [4.78, 5) is 14.5. The second-order valence-electron chi connectivity index (χ2n) is 6.80. The van der Waals surface area contributed by atoms with Gasteiger partial charge in [-0.2, -0.15) is 0 Å². The minimum atomic E-state index is -0.219. The van der Waals surface area contributed by atoms with Crippen molar-refractivity contribution < 1.29 is 14.5 Å². The first-order valence-electron chi connectivity index (χ1n) is 9.42. The molecule has 1 saturated heterocycles. The van der Waals surface area contributed by atoms with Crippen LogP contribution in [0, 0.1) is 5.82 Å². The average Bonchev–Trinajstić information content (AvgIpc) is 2.68. The zero-order valence-corrected chi connectivity index (χ0v) is 15.1. The van der Waals surface area contributed by atoms with Crippen molar-refractivity contribution in [2.24, 2.45) is 0 Å². The van der Waals surface area contributed by atoms with Crippen molar-refractivity contribution in [1.82, 2.24) is 0 Å². The number of anilines is 2. The number of nitrogens with zero attached hydrogens (tertiary/aromatic N) is 1. The van der Waals surface area contributed by atoms with Crippen molar-refractivity contribution in [2.75, 3.05) is 36.4 Å². The van der Waals surface area contributed by atoms with E-state index in [1.54, 1.807) is 12.1 Å². The van der Waals surface area contributed by atoms with Gasteiger partial charge in [-0.05, 0) is 61.2 Å². The first kappa shape index (κ1) is 18.4. The van der Waals surface area contributed by atoms with Crippen LogP contribution in [0.3, 0.4) is 0 Å². The topological polar surface area (TPSA) is 49.0 Å². The Balaban J connectivity index is 1.38. The summed E-state index contributed by atoms with van der Waals surface area (Å²) in [6, 6.07) is 14.6. The lowest BCUT2D eigenvalue weighted by Crippen LogP contribution is -2.86. The second-order valence-corrected chi connectivity index (χ2v) is 6.80.